The van der Waals surface area contributed by atoms with Crippen LogP contribution in [0.25, 0.3) is 0 Å². The number of benzene rings is 1. The van der Waals surface area contributed by atoms with Crippen LogP contribution in [0.4, 0.5) is 0 Å². The Bertz CT molecular complexity index is 638. The number of rotatable bonds is 13. The monoisotopic (exact) mass is 370 g/mol. The molecule has 0 bridgehead atoms. The molecule has 1 aromatic rings. The number of aryl methyl sites for hydroxylation is 3. The summed E-state index contributed by atoms with van der Waals surface area (Å²) in [5.41, 5.74) is 6.62. The van der Waals surface area contributed by atoms with Crippen LogP contribution < -0.4 is 0 Å². The van der Waals surface area contributed by atoms with Crippen molar-refractivity contribution < 1.29 is 9.53 Å². The first-order valence-electron chi connectivity index (χ1n) is 11.2. The normalized spacial score (nSPS) is 18.9. The van der Waals surface area contributed by atoms with Crippen molar-refractivity contribution in [2.45, 2.75) is 110 Å². The van der Waals surface area contributed by atoms with Crippen molar-refractivity contribution in [2.75, 3.05) is 0 Å². The minimum atomic E-state index is -0.0912. The first-order valence-corrected chi connectivity index (χ1v) is 11.2. The molecule has 2 heteroatoms. The van der Waals surface area contributed by atoms with Gasteiger partial charge in [0, 0.05) is 0 Å². The highest BCUT2D eigenvalue weighted by Crippen LogP contribution is 2.49. The van der Waals surface area contributed by atoms with E-state index in [1.54, 1.807) is 5.56 Å². The molecule has 0 N–H and O–H groups in total. The second-order valence-corrected chi connectivity index (χ2v) is 9.68. The molecule has 0 aliphatic heterocycles. The lowest BCUT2D eigenvalue weighted by Crippen LogP contribution is -2.12. The lowest BCUT2D eigenvalue weighted by atomic mass is 9.92. The van der Waals surface area contributed by atoms with Crippen LogP contribution in [-0.2, 0) is 22.4 Å². The van der Waals surface area contributed by atoms with Gasteiger partial charge in [-0.2, -0.15) is 0 Å². The van der Waals surface area contributed by atoms with Gasteiger partial charge in [-0.15, -0.1) is 0 Å². The van der Waals surface area contributed by atoms with Gasteiger partial charge in [-0.05, 0) is 107 Å². The molecule has 2 saturated carbocycles. The first-order chi connectivity index (χ1) is 13.0. The molecular weight excluding hydrogens is 332 g/mol. The van der Waals surface area contributed by atoms with Crippen molar-refractivity contribution in [2.24, 2.45) is 5.41 Å². The molecule has 0 atom stereocenters. The van der Waals surface area contributed by atoms with Crippen LogP contribution in [0.15, 0.2) is 12.1 Å². The summed E-state index contributed by atoms with van der Waals surface area (Å²) in [6, 6.07) is 4.78. The van der Waals surface area contributed by atoms with E-state index in [9.17, 15) is 4.79 Å². The Hall–Kier alpha value is -1.31. The van der Waals surface area contributed by atoms with E-state index in [1.165, 1.54) is 68.1 Å². The third-order valence-corrected chi connectivity index (χ3v) is 7.03. The van der Waals surface area contributed by atoms with Gasteiger partial charge in [0.1, 0.15) is 5.60 Å². The summed E-state index contributed by atoms with van der Waals surface area (Å²) >= 11 is 0. The van der Waals surface area contributed by atoms with Crippen molar-refractivity contribution in [3.63, 3.8) is 0 Å². The highest BCUT2D eigenvalue weighted by Gasteiger charge is 2.44. The van der Waals surface area contributed by atoms with E-state index in [2.05, 4.69) is 32.9 Å². The van der Waals surface area contributed by atoms with Crippen LogP contribution in [0.5, 0.6) is 0 Å². The molecule has 0 radical (unpaired) electrons. The minimum absolute atomic E-state index is 0.0912. The SMILES string of the molecule is Cc1cc(CCCCCC2(C)CC2)c(C)c(CCCCC2(OC=O)CC2)c1. The molecule has 27 heavy (non-hydrogen) atoms. The maximum absolute atomic E-state index is 10.6. The van der Waals surface area contributed by atoms with E-state index in [1.807, 2.05) is 0 Å². The highest BCUT2D eigenvalue weighted by atomic mass is 16.5. The average Bonchev–Trinajstić information content (AvgIpc) is 3.55. The first kappa shape index (κ1) is 20.4. The number of unbranched alkanes of at least 4 members (excludes halogenated alkanes) is 3. The topological polar surface area (TPSA) is 26.3 Å². The fraction of sp³-hybridized carbons (Fsp3) is 0.720. The van der Waals surface area contributed by atoms with Gasteiger partial charge < -0.3 is 4.74 Å². The number of hydrogen-bond acceptors (Lipinski definition) is 2. The average molecular weight is 371 g/mol. The summed E-state index contributed by atoms with van der Waals surface area (Å²) in [6.07, 6.45) is 16.3. The summed E-state index contributed by atoms with van der Waals surface area (Å²) in [5, 5.41) is 0. The Labute approximate surface area is 166 Å². The van der Waals surface area contributed by atoms with Crippen molar-refractivity contribution in [3.05, 3.63) is 34.4 Å². The molecule has 1 aromatic carbocycles. The van der Waals surface area contributed by atoms with Crippen LogP contribution in [-0.4, -0.2) is 12.1 Å². The predicted octanol–water partition coefficient (Wildman–Crippen LogP) is 6.62. The highest BCUT2D eigenvalue weighted by molar-refractivity contribution is 5.39. The Balaban J connectivity index is 1.42. The maximum Gasteiger partial charge on any atom is 0.293 e. The summed E-state index contributed by atoms with van der Waals surface area (Å²) in [5.74, 6) is 0. The molecule has 2 nitrogen and oxygen atoms in total. The fourth-order valence-corrected chi connectivity index (χ4v) is 4.47. The molecule has 2 aliphatic rings. The Kier molecular flexibility index (Phi) is 6.65. The Morgan fingerprint density at radius 3 is 2.04 bits per heavy atom. The van der Waals surface area contributed by atoms with E-state index in [0.29, 0.717) is 11.9 Å². The summed E-state index contributed by atoms with van der Waals surface area (Å²) in [4.78, 5) is 10.6. The number of carbonyl (C=O) groups excluding carboxylic acids is 1. The zero-order valence-electron chi connectivity index (χ0n) is 17.7. The predicted molar refractivity (Wildman–Crippen MR) is 112 cm³/mol. The van der Waals surface area contributed by atoms with E-state index >= 15 is 0 Å². The third kappa shape index (κ3) is 6.09. The van der Waals surface area contributed by atoms with Crippen LogP contribution in [0.3, 0.4) is 0 Å². The summed E-state index contributed by atoms with van der Waals surface area (Å²) < 4.78 is 5.26. The van der Waals surface area contributed by atoms with Crippen molar-refractivity contribution >= 4 is 6.47 Å². The van der Waals surface area contributed by atoms with E-state index in [0.717, 1.165) is 32.1 Å². The Morgan fingerprint density at radius 2 is 1.48 bits per heavy atom. The number of carbonyl (C=O) groups is 1. The molecule has 150 valence electrons. The van der Waals surface area contributed by atoms with E-state index in [-0.39, 0.29) is 5.60 Å². The lowest BCUT2D eigenvalue weighted by Gasteiger charge is -2.15. The van der Waals surface area contributed by atoms with Gasteiger partial charge >= 0.3 is 0 Å². The van der Waals surface area contributed by atoms with Crippen LogP contribution in [0.1, 0.15) is 99.8 Å². The van der Waals surface area contributed by atoms with Gasteiger partial charge in [0.25, 0.3) is 6.47 Å². The molecule has 0 unspecified atom stereocenters. The molecule has 0 saturated heterocycles. The number of ether oxygens (including phenoxy) is 1. The molecule has 0 spiro atoms. The lowest BCUT2D eigenvalue weighted by molar-refractivity contribution is -0.135. The largest absolute Gasteiger partial charge is 0.461 e. The number of hydrogen-bond donors (Lipinski definition) is 0. The molecule has 0 heterocycles. The second kappa shape index (κ2) is 8.80. The van der Waals surface area contributed by atoms with Gasteiger partial charge in [0.15, 0.2) is 0 Å². The molecule has 0 aromatic heterocycles. The quantitative estimate of drug-likeness (QED) is 0.288. The molecule has 3 rings (SSSR count). The van der Waals surface area contributed by atoms with Crippen LogP contribution in [0.2, 0.25) is 0 Å². The van der Waals surface area contributed by atoms with Gasteiger partial charge in [-0.3, -0.25) is 4.79 Å². The molecule has 2 aliphatic carbocycles. The van der Waals surface area contributed by atoms with E-state index in [4.69, 9.17) is 4.74 Å². The zero-order chi connectivity index (χ0) is 19.3. The molecule has 0 amide bonds. The fourth-order valence-electron chi connectivity index (χ4n) is 4.47. The standard InChI is InChI=1S/C25H38O2/c1-20-17-22(9-5-4-7-11-24(3)13-14-24)21(2)23(18-20)10-6-8-12-25(15-16-25)27-19-26/h17-19H,4-16H2,1-3H3. The Morgan fingerprint density at radius 1 is 0.889 bits per heavy atom. The summed E-state index contributed by atoms with van der Waals surface area (Å²) in [6.45, 7) is 7.62. The molecular formula is C25H38O2. The smallest absolute Gasteiger partial charge is 0.293 e. The van der Waals surface area contributed by atoms with Crippen molar-refractivity contribution in [3.8, 4) is 0 Å². The second-order valence-electron chi connectivity index (χ2n) is 9.68. The third-order valence-electron chi connectivity index (χ3n) is 7.03. The van der Waals surface area contributed by atoms with Gasteiger partial charge in [-0.25, -0.2) is 0 Å². The summed E-state index contributed by atoms with van der Waals surface area (Å²) in [7, 11) is 0. The van der Waals surface area contributed by atoms with Crippen molar-refractivity contribution in [1.82, 2.24) is 0 Å². The van der Waals surface area contributed by atoms with Crippen LogP contribution in [0, 0.1) is 19.3 Å². The molecule has 2 fully saturated rings. The van der Waals surface area contributed by atoms with Crippen molar-refractivity contribution in [1.29, 1.82) is 0 Å². The van der Waals surface area contributed by atoms with E-state index < -0.39 is 0 Å². The van der Waals surface area contributed by atoms with Gasteiger partial charge in [0.2, 0.25) is 0 Å². The van der Waals surface area contributed by atoms with Gasteiger partial charge in [0.05, 0.1) is 0 Å². The zero-order valence-corrected chi connectivity index (χ0v) is 17.7. The van der Waals surface area contributed by atoms with Gasteiger partial charge in [-0.1, -0.05) is 37.5 Å². The minimum Gasteiger partial charge on any atom is -0.461 e. The maximum atomic E-state index is 10.6. The van der Waals surface area contributed by atoms with Crippen LogP contribution >= 0.6 is 0 Å².